The Kier molecular flexibility index (Phi) is 3.97. The number of benzene rings is 1. The van der Waals surface area contributed by atoms with Gasteiger partial charge in [-0.15, -0.1) is 0 Å². The maximum absolute atomic E-state index is 13.4. The van der Waals surface area contributed by atoms with Gasteiger partial charge in [-0.2, -0.15) is 0 Å². The number of nitrogens with zero attached hydrogens (tertiary/aromatic N) is 1. The number of hydrogen-bond donors (Lipinski definition) is 1. The Morgan fingerprint density at radius 3 is 2.63 bits per heavy atom. The van der Waals surface area contributed by atoms with Crippen molar-refractivity contribution >= 4 is 34.8 Å². The van der Waals surface area contributed by atoms with E-state index < -0.39 is 17.5 Å². The molecule has 0 saturated heterocycles. The number of nitrogens with one attached hydrogen (secondary N) is 1. The van der Waals surface area contributed by atoms with Crippen LogP contribution in [0.15, 0.2) is 30.5 Å². The number of carbonyl (C=O) groups is 1. The molecule has 0 bridgehead atoms. The van der Waals surface area contributed by atoms with Gasteiger partial charge in [-0.3, -0.25) is 4.79 Å². The zero-order chi connectivity index (χ0) is 14.0. The minimum absolute atomic E-state index is 0.0467. The first-order valence-corrected chi connectivity index (χ1v) is 5.80. The number of rotatable bonds is 2. The van der Waals surface area contributed by atoms with Crippen molar-refractivity contribution in [2.45, 2.75) is 0 Å². The minimum atomic E-state index is -0.885. The summed E-state index contributed by atoms with van der Waals surface area (Å²) in [7, 11) is 0. The average Bonchev–Trinajstić information content (AvgIpc) is 2.35. The summed E-state index contributed by atoms with van der Waals surface area (Å²) in [5, 5.41) is 2.42. The Morgan fingerprint density at radius 2 is 1.95 bits per heavy atom. The number of anilines is 1. The van der Waals surface area contributed by atoms with E-state index in [-0.39, 0.29) is 21.4 Å². The first-order valence-electron chi connectivity index (χ1n) is 5.05. The fraction of sp³-hybridized carbons (Fsp3) is 0. The van der Waals surface area contributed by atoms with Gasteiger partial charge < -0.3 is 5.32 Å². The molecule has 0 fully saturated rings. The van der Waals surface area contributed by atoms with Crippen molar-refractivity contribution in [3.63, 3.8) is 0 Å². The third-order valence-electron chi connectivity index (χ3n) is 2.25. The van der Waals surface area contributed by atoms with Gasteiger partial charge in [-0.05, 0) is 18.2 Å². The van der Waals surface area contributed by atoms with Crippen LogP contribution in [-0.4, -0.2) is 10.9 Å². The molecule has 1 heterocycles. The zero-order valence-electron chi connectivity index (χ0n) is 9.25. The topological polar surface area (TPSA) is 42.0 Å². The highest BCUT2D eigenvalue weighted by atomic mass is 35.5. The van der Waals surface area contributed by atoms with Crippen molar-refractivity contribution in [3.05, 3.63) is 57.8 Å². The van der Waals surface area contributed by atoms with Crippen LogP contribution in [0.2, 0.25) is 10.2 Å². The zero-order valence-corrected chi connectivity index (χ0v) is 10.8. The van der Waals surface area contributed by atoms with E-state index in [9.17, 15) is 13.6 Å². The molecular formula is C12H6Cl2F2N2O. The van der Waals surface area contributed by atoms with Crippen LogP contribution >= 0.6 is 23.2 Å². The van der Waals surface area contributed by atoms with Crippen LogP contribution in [0.1, 0.15) is 10.4 Å². The van der Waals surface area contributed by atoms with Crippen LogP contribution in [0.3, 0.4) is 0 Å². The standard InChI is InChI=1S/C12H6Cl2F2N2O/c13-8-5-17-11(14)4-7(8)12(19)18-10-2-1-6(15)3-9(10)16/h1-5H,(H,18,19). The van der Waals surface area contributed by atoms with E-state index in [1.807, 2.05) is 0 Å². The van der Waals surface area contributed by atoms with E-state index in [0.717, 1.165) is 12.1 Å². The molecule has 3 nitrogen and oxygen atoms in total. The van der Waals surface area contributed by atoms with E-state index in [1.165, 1.54) is 12.3 Å². The second-order valence-electron chi connectivity index (χ2n) is 3.57. The maximum atomic E-state index is 13.4. The van der Waals surface area contributed by atoms with Gasteiger partial charge in [-0.1, -0.05) is 23.2 Å². The normalized spacial score (nSPS) is 10.3. The van der Waals surface area contributed by atoms with Gasteiger partial charge in [0.15, 0.2) is 0 Å². The molecule has 0 atom stereocenters. The summed E-state index contributed by atoms with van der Waals surface area (Å²) in [4.78, 5) is 15.6. The fourth-order valence-corrected chi connectivity index (χ4v) is 1.71. The molecule has 0 saturated carbocycles. The Balaban J connectivity index is 2.28. The lowest BCUT2D eigenvalue weighted by Crippen LogP contribution is -2.14. The lowest BCUT2D eigenvalue weighted by molar-refractivity contribution is 0.102. The molecule has 98 valence electrons. The molecule has 19 heavy (non-hydrogen) atoms. The average molecular weight is 303 g/mol. The molecule has 0 unspecified atom stereocenters. The SMILES string of the molecule is O=C(Nc1ccc(F)cc1F)c1cc(Cl)ncc1Cl. The van der Waals surface area contributed by atoms with Crippen molar-refractivity contribution < 1.29 is 13.6 Å². The van der Waals surface area contributed by atoms with Crippen molar-refractivity contribution in [3.8, 4) is 0 Å². The molecule has 2 aromatic rings. The highest BCUT2D eigenvalue weighted by molar-refractivity contribution is 6.35. The molecule has 2 rings (SSSR count). The van der Waals surface area contributed by atoms with Crippen LogP contribution in [-0.2, 0) is 0 Å². The molecular weight excluding hydrogens is 297 g/mol. The van der Waals surface area contributed by atoms with Crippen molar-refractivity contribution in [2.24, 2.45) is 0 Å². The smallest absolute Gasteiger partial charge is 0.257 e. The van der Waals surface area contributed by atoms with Gasteiger partial charge in [0.1, 0.15) is 16.8 Å². The second-order valence-corrected chi connectivity index (χ2v) is 4.36. The number of halogens is 4. The number of amides is 1. The highest BCUT2D eigenvalue weighted by Gasteiger charge is 2.14. The van der Waals surface area contributed by atoms with Crippen LogP contribution in [0.5, 0.6) is 0 Å². The Hall–Kier alpha value is -1.72. The predicted molar refractivity (Wildman–Crippen MR) is 68.6 cm³/mol. The fourth-order valence-electron chi connectivity index (χ4n) is 1.37. The summed E-state index contributed by atoms with van der Waals surface area (Å²) >= 11 is 11.4. The molecule has 0 aliphatic carbocycles. The van der Waals surface area contributed by atoms with Gasteiger partial charge >= 0.3 is 0 Å². The summed E-state index contributed by atoms with van der Waals surface area (Å²) in [6.07, 6.45) is 1.21. The molecule has 1 aromatic carbocycles. The van der Waals surface area contributed by atoms with Crippen LogP contribution in [0.25, 0.3) is 0 Å². The molecule has 0 radical (unpaired) electrons. The molecule has 0 aliphatic heterocycles. The first-order chi connectivity index (χ1) is 8.97. The highest BCUT2D eigenvalue weighted by Crippen LogP contribution is 2.21. The van der Waals surface area contributed by atoms with E-state index in [4.69, 9.17) is 23.2 Å². The minimum Gasteiger partial charge on any atom is -0.319 e. The lowest BCUT2D eigenvalue weighted by atomic mass is 10.2. The predicted octanol–water partition coefficient (Wildman–Crippen LogP) is 3.92. The van der Waals surface area contributed by atoms with Crippen LogP contribution in [0, 0.1) is 11.6 Å². The van der Waals surface area contributed by atoms with Crippen LogP contribution < -0.4 is 5.32 Å². The number of carbonyl (C=O) groups excluding carboxylic acids is 1. The lowest BCUT2D eigenvalue weighted by Gasteiger charge is -2.07. The molecule has 7 heteroatoms. The van der Waals surface area contributed by atoms with Crippen molar-refractivity contribution in [1.82, 2.24) is 4.98 Å². The van der Waals surface area contributed by atoms with Crippen LogP contribution in [0.4, 0.5) is 14.5 Å². The molecule has 1 N–H and O–H groups in total. The molecule has 0 spiro atoms. The van der Waals surface area contributed by atoms with Gasteiger partial charge in [-0.25, -0.2) is 13.8 Å². The Morgan fingerprint density at radius 1 is 1.21 bits per heavy atom. The van der Waals surface area contributed by atoms with E-state index >= 15 is 0 Å². The first kappa shape index (κ1) is 13.7. The van der Waals surface area contributed by atoms with Gasteiger partial charge in [0.05, 0.1) is 16.3 Å². The van der Waals surface area contributed by atoms with E-state index in [0.29, 0.717) is 6.07 Å². The molecule has 1 amide bonds. The largest absolute Gasteiger partial charge is 0.319 e. The maximum Gasteiger partial charge on any atom is 0.257 e. The summed E-state index contributed by atoms with van der Waals surface area (Å²) in [5.74, 6) is -2.29. The monoisotopic (exact) mass is 302 g/mol. The van der Waals surface area contributed by atoms with Gasteiger partial charge in [0.2, 0.25) is 0 Å². The second kappa shape index (κ2) is 5.50. The quantitative estimate of drug-likeness (QED) is 0.854. The number of aromatic nitrogens is 1. The number of hydrogen-bond acceptors (Lipinski definition) is 2. The molecule has 1 aromatic heterocycles. The third kappa shape index (κ3) is 3.19. The summed E-state index contributed by atoms with van der Waals surface area (Å²) in [6.45, 7) is 0. The van der Waals surface area contributed by atoms with Crippen molar-refractivity contribution in [1.29, 1.82) is 0 Å². The third-order valence-corrected chi connectivity index (χ3v) is 2.75. The summed E-state index contributed by atoms with van der Waals surface area (Å²) in [6, 6.07) is 4.05. The summed E-state index contributed by atoms with van der Waals surface area (Å²) in [5.41, 5.74) is -0.110. The van der Waals surface area contributed by atoms with E-state index in [1.54, 1.807) is 0 Å². The Labute approximate surface area is 117 Å². The van der Waals surface area contributed by atoms with E-state index in [2.05, 4.69) is 10.3 Å². The number of pyridine rings is 1. The summed E-state index contributed by atoms with van der Waals surface area (Å²) < 4.78 is 26.1. The van der Waals surface area contributed by atoms with Gasteiger partial charge in [0.25, 0.3) is 5.91 Å². The molecule has 0 aliphatic rings. The Bertz CT molecular complexity index is 650. The van der Waals surface area contributed by atoms with Gasteiger partial charge in [0, 0.05) is 12.3 Å². The van der Waals surface area contributed by atoms with Crippen molar-refractivity contribution in [2.75, 3.05) is 5.32 Å².